The summed E-state index contributed by atoms with van der Waals surface area (Å²) in [5.41, 5.74) is 3.63. The minimum Gasteiger partial charge on any atom is -0.462 e. The average Bonchev–Trinajstić information content (AvgIpc) is 2.94. The van der Waals surface area contributed by atoms with Gasteiger partial charge in [0.25, 0.3) is 0 Å². The summed E-state index contributed by atoms with van der Waals surface area (Å²) < 4.78 is 11.3. The molecule has 3 aliphatic carbocycles. The first-order valence-electron chi connectivity index (χ1n) is 10.4. The summed E-state index contributed by atoms with van der Waals surface area (Å²) in [4.78, 5) is 23.3. The van der Waals surface area contributed by atoms with E-state index in [9.17, 15) is 9.59 Å². The van der Waals surface area contributed by atoms with Crippen LogP contribution in [0, 0.1) is 24.2 Å². The number of hydrogen-bond donors (Lipinski definition) is 0. The van der Waals surface area contributed by atoms with Crippen LogP contribution in [0.4, 0.5) is 0 Å². The third-order valence-electron chi connectivity index (χ3n) is 7.67. The molecule has 2 saturated carbocycles. The van der Waals surface area contributed by atoms with Crippen molar-refractivity contribution in [2.24, 2.45) is 17.3 Å². The van der Waals surface area contributed by atoms with Crippen LogP contribution in [-0.2, 0) is 20.7 Å². The molecular formula is C23H29ClO4. The highest BCUT2D eigenvalue weighted by atomic mass is 35.5. The number of carbonyl (C=O) groups excluding carboxylic acids is 2. The third-order valence-corrected chi connectivity index (χ3v) is 8.06. The molecule has 0 aromatic heterocycles. The van der Waals surface area contributed by atoms with Crippen molar-refractivity contribution >= 4 is 23.5 Å². The minimum absolute atomic E-state index is 0.0252. The minimum atomic E-state index is -0.305. The molecule has 0 amide bonds. The summed E-state index contributed by atoms with van der Waals surface area (Å²) in [7, 11) is 0. The van der Waals surface area contributed by atoms with Gasteiger partial charge in [-0.1, -0.05) is 18.5 Å². The zero-order chi connectivity index (χ0) is 20.2. The van der Waals surface area contributed by atoms with Gasteiger partial charge < -0.3 is 9.47 Å². The predicted molar refractivity (Wildman–Crippen MR) is 108 cm³/mol. The molecule has 152 valence electrons. The van der Waals surface area contributed by atoms with Gasteiger partial charge >= 0.3 is 11.9 Å². The van der Waals surface area contributed by atoms with Crippen LogP contribution >= 0.6 is 11.6 Å². The number of hydrogen-bond acceptors (Lipinski definition) is 4. The Bertz CT molecular complexity index is 832. The Labute approximate surface area is 171 Å². The topological polar surface area (TPSA) is 52.6 Å². The van der Waals surface area contributed by atoms with Crippen LogP contribution in [-0.4, -0.2) is 18.0 Å². The van der Waals surface area contributed by atoms with E-state index in [0.717, 1.165) is 44.1 Å². The molecule has 5 heteroatoms. The quantitative estimate of drug-likeness (QED) is 0.491. The summed E-state index contributed by atoms with van der Waals surface area (Å²) in [6, 6.07) is 1.82. The first-order valence-corrected chi connectivity index (χ1v) is 10.8. The molecule has 1 aromatic carbocycles. The summed E-state index contributed by atoms with van der Waals surface area (Å²) in [5.74, 6) is 1.60. The van der Waals surface area contributed by atoms with E-state index >= 15 is 0 Å². The normalized spacial score (nSPS) is 33.5. The van der Waals surface area contributed by atoms with Gasteiger partial charge in [-0.2, -0.15) is 0 Å². The van der Waals surface area contributed by atoms with Crippen LogP contribution in [0.2, 0.25) is 5.02 Å². The molecule has 3 aliphatic rings. The lowest BCUT2D eigenvalue weighted by Crippen LogP contribution is -2.45. The molecule has 4 rings (SSSR count). The van der Waals surface area contributed by atoms with Crippen molar-refractivity contribution in [3.63, 3.8) is 0 Å². The first kappa shape index (κ1) is 19.8. The standard InChI is InChI=1S/C23H29ClO4/c1-12-15-5-6-16-17(22(15)20(11-19(12)24)27-13(2)25)9-10-23(4)18(16)7-8-21(23)28-14(3)26/h11,16-18,21H,5-10H2,1-4H3/t16-,17+,18+,21?,23+/m1/s1. The summed E-state index contributed by atoms with van der Waals surface area (Å²) in [5, 5.41) is 0.671. The molecule has 0 saturated heterocycles. The van der Waals surface area contributed by atoms with Gasteiger partial charge in [-0.25, -0.2) is 0 Å². The number of ether oxygens (including phenoxy) is 2. The van der Waals surface area contributed by atoms with Crippen molar-refractivity contribution < 1.29 is 19.1 Å². The molecule has 2 fully saturated rings. The van der Waals surface area contributed by atoms with Gasteiger partial charge in [-0.15, -0.1) is 0 Å². The number of halogens is 1. The van der Waals surface area contributed by atoms with Crippen LogP contribution in [0.5, 0.6) is 5.75 Å². The van der Waals surface area contributed by atoms with E-state index in [2.05, 4.69) is 13.8 Å². The van der Waals surface area contributed by atoms with Gasteiger partial charge in [-0.05, 0) is 74.3 Å². The lowest BCUT2D eigenvalue weighted by molar-refractivity contribution is -0.154. The largest absolute Gasteiger partial charge is 0.462 e. The third kappa shape index (κ3) is 3.04. The van der Waals surface area contributed by atoms with E-state index in [1.54, 1.807) is 0 Å². The number of esters is 2. The Balaban J connectivity index is 1.72. The zero-order valence-corrected chi connectivity index (χ0v) is 17.9. The predicted octanol–water partition coefficient (Wildman–Crippen LogP) is 5.36. The molecule has 1 aromatic rings. The van der Waals surface area contributed by atoms with Crippen LogP contribution in [0.15, 0.2) is 6.07 Å². The van der Waals surface area contributed by atoms with Crippen LogP contribution in [0.3, 0.4) is 0 Å². The Morgan fingerprint density at radius 3 is 2.57 bits per heavy atom. The van der Waals surface area contributed by atoms with Gasteiger partial charge in [0, 0.05) is 35.9 Å². The molecule has 0 aliphatic heterocycles. The van der Waals surface area contributed by atoms with Crippen molar-refractivity contribution in [2.45, 2.75) is 78.2 Å². The SMILES string of the molecule is CC(=O)Oc1cc(Cl)c(C)c2c1[C@H]1CC[C@]3(C)C(OC(C)=O)CC[C@H]3[C@@H]1CC2. The van der Waals surface area contributed by atoms with Crippen LogP contribution in [0.25, 0.3) is 0 Å². The maximum atomic E-state index is 11.7. The molecule has 4 nitrogen and oxygen atoms in total. The van der Waals surface area contributed by atoms with E-state index in [-0.39, 0.29) is 23.5 Å². The molecule has 5 atom stereocenters. The van der Waals surface area contributed by atoms with Gasteiger partial charge in [0.05, 0.1) is 0 Å². The molecule has 0 spiro atoms. The van der Waals surface area contributed by atoms with Gasteiger partial charge in [0.2, 0.25) is 0 Å². The second-order valence-electron chi connectivity index (χ2n) is 9.10. The highest BCUT2D eigenvalue weighted by molar-refractivity contribution is 6.31. The van der Waals surface area contributed by atoms with E-state index in [4.69, 9.17) is 21.1 Å². The van der Waals surface area contributed by atoms with Crippen LogP contribution in [0.1, 0.15) is 75.5 Å². The molecular weight excluding hydrogens is 376 g/mol. The van der Waals surface area contributed by atoms with Crippen molar-refractivity contribution in [1.82, 2.24) is 0 Å². The number of benzene rings is 1. The van der Waals surface area contributed by atoms with Gasteiger partial charge in [0.15, 0.2) is 0 Å². The fourth-order valence-corrected chi connectivity index (χ4v) is 6.68. The van der Waals surface area contributed by atoms with E-state index < -0.39 is 0 Å². The summed E-state index contributed by atoms with van der Waals surface area (Å²) >= 11 is 6.45. The van der Waals surface area contributed by atoms with Gasteiger partial charge in [0.1, 0.15) is 11.9 Å². The summed E-state index contributed by atoms with van der Waals surface area (Å²) in [6.07, 6.45) is 6.20. The maximum absolute atomic E-state index is 11.7. The highest BCUT2D eigenvalue weighted by Crippen LogP contribution is 2.62. The Kier molecular flexibility index (Phi) is 4.97. The zero-order valence-electron chi connectivity index (χ0n) is 17.1. The van der Waals surface area contributed by atoms with E-state index in [0.29, 0.717) is 28.5 Å². The molecule has 0 bridgehead atoms. The number of fused-ring (bicyclic) bond motifs is 5. The highest BCUT2D eigenvalue weighted by Gasteiger charge is 2.56. The lowest BCUT2D eigenvalue weighted by atomic mass is 9.55. The van der Waals surface area contributed by atoms with Crippen molar-refractivity contribution in [3.8, 4) is 5.75 Å². The fraction of sp³-hybridized carbons (Fsp3) is 0.652. The second-order valence-corrected chi connectivity index (χ2v) is 9.51. The van der Waals surface area contributed by atoms with E-state index in [1.807, 2.05) is 6.07 Å². The molecule has 0 radical (unpaired) electrons. The first-order chi connectivity index (χ1) is 13.2. The smallest absolute Gasteiger partial charge is 0.308 e. The van der Waals surface area contributed by atoms with Crippen molar-refractivity contribution in [3.05, 3.63) is 27.8 Å². The number of rotatable bonds is 2. The average molecular weight is 405 g/mol. The van der Waals surface area contributed by atoms with Crippen LogP contribution < -0.4 is 4.74 Å². The van der Waals surface area contributed by atoms with E-state index in [1.165, 1.54) is 25.0 Å². The molecule has 1 unspecified atom stereocenters. The van der Waals surface area contributed by atoms with Crippen molar-refractivity contribution in [1.29, 1.82) is 0 Å². The van der Waals surface area contributed by atoms with Gasteiger partial charge in [-0.3, -0.25) is 9.59 Å². The monoisotopic (exact) mass is 404 g/mol. The molecule has 28 heavy (non-hydrogen) atoms. The Morgan fingerprint density at radius 1 is 1.14 bits per heavy atom. The molecule has 0 heterocycles. The van der Waals surface area contributed by atoms with Crippen molar-refractivity contribution in [2.75, 3.05) is 0 Å². The Morgan fingerprint density at radius 2 is 1.89 bits per heavy atom. The second kappa shape index (κ2) is 7.05. The lowest BCUT2D eigenvalue weighted by Gasteiger charge is -2.50. The Hall–Kier alpha value is -1.55. The molecule has 0 N–H and O–H groups in total. The summed E-state index contributed by atoms with van der Waals surface area (Å²) in [6.45, 7) is 7.33. The maximum Gasteiger partial charge on any atom is 0.308 e. The number of carbonyl (C=O) groups is 2. The fourth-order valence-electron chi connectivity index (χ4n) is 6.47.